The summed E-state index contributed by atoms with van der Waals surface area (Å²) in [5.41, 5.74) is 3.19. The van der Waals surface area contributed by atoms with E-state index in [1.165, 1.54) is 6.33 Å². The third-order valence-electron chi connectivity index (χ3n) is 12.4. The average molecular weight is 896 g/mol. The highest BCUT2D eigenvalue weighted by atomic mass is 16.6. The van der Waals surface area contributed by atoms with E-state index >= 15 is 0 Å². The van der Waals surface area contributed by atoms with Crippen molar-refractivity contribution in [2.24, 2.45) is 5.41 Å². The molecule has 67 heavy (non-hydrogen) atoms. The Hall–Kier alpha value is -7.38. The van der Waals surface area contributed by atoms with E-state index in [0.29, 0.717) is 22.7 Å². The van der Waals surface area contributed by atoms with Gasteiger partial charge in [0.05, 0.1) is 32.6 Å². The monoisotopic (exact) mass is 895 g/mol. The summed E-state index contributed by atoms with van der Waals surface area (Å²) in [6.07, 6.45) is -1.53. The molecule has 1 aliphatic rings. The van der Waals surface area contributed by atoms with Gasteiger partial charge in [-0.3, -0.25) is 9.36 Å². The molecule has 8 aromatic rings. The Morgan fingerprint density at radius 2 is 1.10 bits per heavy atom. The number of hydrogen-bond acceptors (Lipinski definition) is 11. The van der Waals surface area contributed by atoms with Gasteiger partial charge in [-0.1, -0.05) is 146 Å². The van der Waals surface area contributed by atoms with Crippen molar-refractivity contribution in [1.29, 1.82) is 0 Å². The number of esters is 1. The fraction of sp³-hybridized carbons (Fsp3) is 0.236. The molecule has 2 aromatic heterocycles. The van der Waals surface area contributed by atoms with E-state index < -0.39 is 47.1 Å². The van der Waals surface area contributed by atoms with E-state index in [-0.39, 0.29) is 6.61 Å². The number of aromatic nitrogens is 4. The lowest BCUT2D eigenvalue weighted by Gasteiger charge is -2.37. The summed E-state index contributed by atoms with van der Waals surface area (Å²) in [7, 11) is 3.27. The average Bonchev–Trinajstić information content (AvgIpc) is 3.94. The Labute approximate surface area is 390 Å². The fourth-order valence-corrected chi connectivity index (χ4v) is 8.90. The van der Waals surface area contributed by atoms with E-state index in [2.05, 4.69) is 29.6 Å². The Morgan fingerprint density at radius 3 is 1.60 bits per heavy atom. The summed E-state index contributed by atoms with van der Waals surface area (Å²) in [5.74, 6) is 1.35. The Kier molecular flexibility index (Phi) is 12.6. The van der Waals surface area contributed by atoms with E-state index in [1.54, 1.807) is 45.9 Å². The molecule has 9 rings (SSSR count). The Bertz CT molecular complexity index is 2810. The summed E-state index contributed by atoms with van der Waals surface area (Å²) in [4.78, 5) is 28.1. The van der Waals surface area contributed by atoms with Crippen LogP contribution in [-0.2, 0) is 30.1 Å². The number of rotatable bonds is 15. The van der Waals surface area contributed by atoms with Gasteiger partial charge in [-0.25, -0.2) is 15.0 Å². The highest BCUT2D eigenvalue weighted by molar-refractivity contribution is 5.84. The minimum atomic E-state index is -1.36. The SMILES string of the molecule is COc1ccc(C(Nc2ncnc3c2ncn3[C@@H]2O[C@H](COC(c3ccccc3)(c3ccccc3)c3ccc(OC)cc3)[C@@H](OC(=O)C(C)(C)C)[C@H]2O)(c2ccccc2)c2ccccc2)cc1. The maximum absolute atomic E-state index is 13.7. The number of nitrogens with zero attached hydrogens (tertiary/aromatic N) is 4. The molecule has 1 fully saturated rings. The molecule has 3 heterocycles. The molecule has 1 saturated heterocycles. The van der Waals surface area contributed by atoms with Crippen LogP contribution in [0.25, 0.3) is 11.2 Å². The molecule has 12 heteroatoms. The second-order valence-electron chi connectivity index (χ2n) is 17.5. The quantitative estimate of drug-likeness (QED) is 0.0752. The zero-order chi connectivity index (χ0) is 46.6. The van der Waals surface area contributed by atoms with Gasteiger partial charge in [-0.05, 0) is 78.4 Å². The summed E-state index contributed by atoms with van der Waals surface area (Å²) in [5, 5.41) is 16.2. The van der Waals surface area contributed by atoms with Gasteiger partial charge in [-0.2, -0.15) is 0 Å². The lowest BCUT2D eigenvalue weighted by atomic mass is 9.77. The number of imidazole rings is 1. The summed E-state index contributed by atoms with van der Waals surface area (Å²) in [6, 6.07) is 55.8. The predicted octanol–water partition coefficient (Wildman–Crippen LogP) is 9.47. The van der Waals surface area contributed by atoms with E-state index in [9.17, 15) is 9.90 Å². The molecular weight excluding hydrogens is 843 g/mol. The summed E-state index contributed by atoms with van der Waals surface area (Å²) in [6.45, 7) is 5.21. The molecule has 0 saturated carbocycles. The highest BCUT2D eigenvalue weighted by Gasteiger charge is 2.50. The fourth-order valence-electron chi connectivity index (χ4n) is 8.90. The number of methoxy groups -OCH3 is 2. The van der Waals surface area contributed by atoms with E-state index in [4.69, 9.17) is 38.6 Å². The number of carbonyl (C=O) groups excluding carboxylic acids is 1. The topological polar surface area (TPSA) is 139 Å². The molecule has 0 unspecified atom stereocenters. The van der Waals surface area contributed by atoms with Crippen LogP contribution in [0.5, 0.6) is 11.5 Å². The molecule has 0 radical (unpaired) electrons. The molecule has 6 aromatic carbocycles. The first-order valence-electron chi connectivity index (χ1n) is 22.2. The number of ether oxygens (including phenoxy) is 5. The van der Waals surface area contributed by atoms with Crippen molar-refractivity contribution in [3.8, 4) is 11.5 Å². The number of anilines is 1. The van der Waals surface area contributed by atoms with Crippen molar-refractivity contribution < 1.29 is 33.6 Å². The molecule has 1 aliphatic heterocycles. The van der Waals surface area contributed by atoms with Crippen LogP contribution in [0.1, 0.15) is 60.4 Å². The van der Waals surface area contributed by atoms with Crippen LogP contribution in [0.4, 0.5) is 5.82 Å². The van der Waals surface area contributed by atoms with Gasteiger partial charge in [0.25, 0.3) is 0 Å². The summed E-state index contributed by atoms with van der Waals surface area (Å²) >= 11 is 0. The number of benzene rings is 6. The molecule has 12 nitrogen and oxygen atoms in total. The minimum Gasteiger partial charge on any atom is -0.497 e. The van der Waals surface area contributed by atoms with Crippen LogP contribution in [-0.4, -0.2) is 69.7 Å². The lowest BCUT2D eigenvalue weighted by Crippen LogP contribution is -2.43. The number of fused-ring (bicyclic) bond motifs is 1. The number of aliphatic hydroxyl groups excluding tert-OH is 1. The van der Waals surface area contributed by atoms with Crippen molar-refractivity contribution in [2.45, 2.75) is 56.5 Å². The highest BCUT2D eigenvalue weighted by Crippen LogP contribution is 2.45. The van der Waals surface area contributed by atoms with Crippen molar-refractivity contribution in [2.75, 3.05) is 26.1 Å². The van der Waals surface area contributed by atoms with Crippen molar-refractivity contribution in [1.82, 2.24) is 19.5 Å². The first kappa shape index (κ1) is 44.8. The zero-order valence-corrected chi connectivity index (χ0v) is 38.0. The van der Waals surface area contributed by atoms with Gasteiger partial charge >= 0.3 is 5.97 Å². The Morgan fingerprint density at radius 1 is 0.642 bits per heavy atom. The Balaban J connectivity index is 1.12. The van der Waals surface area contributed by atoms with Crippen molar-refractivity contribution in [3.05, 3.63) is 216 Å². The van der Waals surface area contributed by atoms with Crippen LogP contribution in [0.15, 0.2) is 183 Å². The number of carbonyl (C=O) groups is 1. The molecule has 0 amide bonds. The van der Waals surface area contributed by atoms with E-state index in [0.717, 1.165) is 39.1 Å². The normalized spacial score (nSPS) is 17.5. The third-order valence-corrected chi connectivity index (χ3v) is 12.4. The summed E-state index contributed by atoms with van der Waals surface area (Å²) < 4.78 is 33.0. The van der Waals surface area contributed by atoms with Gasteiger partial charge in [-0.15, -0.1) is 0 Å². The predicted molar refractivity (Wildman–Crippen MR) is 256 cm³/mol. The number of aliphatic hydroxyl groups is 1. The lowest BCUT2D eigenvalue weighted by molar-refractivity contribution is -0.168. The molecule has 0 spiro atoms. The van der Waals surface area contributed by atoms with Gasteiger partial charge in [0.2, 0.25) is 0 Å². The van der Waals surface area contributed by atoms with Gasteiger partial charge < -0.3 is 34.1 Å². The molecule has 0 aliphatic carbocycles. The first-order chi connectivity index (χ1) is 32.6. The molecule has 2 N–H and O–H groups in total. The first-order valence-corrected chi connectivity index (χ1v) is 22.2. The van der Waals surface area contributed by atoms with E-state index in [1.807, 2.05) is 146 Å². The standard InChI is InChI=1S/C55H53N5O7/c1-53(2,3)52(62)67-48-45(34-65-55(40-22-14-8-15-23-40,41-24-16-9-17-25-41)42-28-32-44(64-5)33-29-42)66-51(47(48)61)60-36-58-46-49(56-35-57-50(46)60)59-54(37-18-10-6-11-19-37,38-20-12-7-13-21-38)39-26-30-43(63-4)31-27-39/h6-33,35-36,45,47-48,51,61H,34H2,1-5H3,(H,56,57,59)/t45-,47-,48-,51-/m1/s1. The molecule has 340 valence electrons. The second kappa shape index (κ2) is 18.8. The maximum Gasteiger partial charge on any atom is 0.311 e. The van der Waals surface area contributed by atoms with Crippen LogP contribution in [0.3, 0.4) is 0 Å². The molecular formula is C55H53N5O7. The number of nitrogens with one attached hydrogen (secondary N) is 1. The van der Waals surface area contributed by atoms with Crippen LogP contribution in [0, 0.1) is 5.41 Å². The van der Waals surface area contributed by atoms with Gasteiger partial charge in [0.15, 0.2) is 29.3 Å². The van der Waals surface area contributed by atoms with Crippen LogP contribution in [0.2, 0.25) is 0 Å². The molecule has 0 bridgehead atoms. The van der Waals surface area contributed by atoms with Crippen LogP contribution >= 0.6 is 0 Å². The second-order valence-corrected chi connectivity index (χ2v) is 17.5. The van der Waals surface area contributed by atoms with Crippen LogP contribution < -0.4 is 14.8 Å². The third kappa shape index (κ3) is 8.51. The zero-order valence-electron chi connectivity index (χ0n) is 38.0. The minimum absolute atomic E-state index is 0.0988. The van der Waals surface area contributed by atoms with Gasteiger partial charge in [0, 0.05) is 0 Å². The largest absolute Gasteiger partial charge is 0.497 e. The van der Waals surface area contributed by atoms with Crippen molar-refractivity contribution >= 4 is 23.0 Å². The number of hydrogen-bond donors (Lipinski definition) is 2. The van der Waals surface area contributed by atoms with Gasteiger partial charge in [0.1, 0.15) is 41.2 Å². The van der Waals surface area contributed by atoms with Crippen molar-refractivity contribution in [3.63, 3.8) is 0 Å². The smallest absolute Gasteiger partial charge is 0.311 e. The maximum atomic E-state index is 13.7. The molecule has 4 atom stereocenters.